The molecule has 0 bridgehead atoms. The number of methoxy groups -OCH3 is 2. The Morgan fingerprint density at radius 1 is 1.03 bits per heavy atom. The fourth-order valence-electron chi connectivity index (χ4n) is 2.59. The Balaban J connectivity index is 0.00000420. The Kier molecular flexibility index (Phi) is 10.9. The van der Waals surface area contributed by atoms with Crippen LogP contribution in [0.15, 0.2) is 47.5 Å². The highest BCUT2D eigenvalue weighted by atomic mass is 127. The van der Waals surface area contributed by atoms with Gasteiger partial charge in [0.15, 0.2) is 5.96 Å². The van der Waals surface area contributed by atoms with Crippen LogP contribution in [-0.4, -0.2) is 39.7 Å². The summed E-state index contributed by atoms with van der Waals surface area (Å²) in [6.07, 6.45) is 0. The molecular weight excluding hydrogens is 483 g/mol. The van der Waals surface area contributed by atoms with Gasteiger partial charge < -0.3 is 25.4 Å². The summed E-state index contributed by atoms with van der Waals surface area (Å²) in [5, 5.41) is 9.16. The third-order valence-electron chi connectivity index (χ3n) is 4.15. The quantitative estimate of drug-likeness (QED) is 0.288. The van der Waals surface area contributed by atoms with Crippen LogP contribution in [-0.2, 0) is 13.1 Å². The fraction of sp³-hybridized carbons (Fsp3) is 0.333. The van der Waals surface area contributed by atoms with E-state index < -0.39 is 0 Å². The van der Waals surface area contributed by atoms with Crippen molar-refractivity contribution in [1.82, 2.24) is 16.0 Å². The van der Waals surface area contributed by atoms with Gasteiger partial charge >= 0.3 is 0 Å². The van der Waals surface area contributed by atoms with Gasteiger partial charge in [0.1, 0.15) is 11.5 Å². The number of benzene rings is 2. The third kappa shape index (κ3) is 7.45. The second-order valence-corrected chi connectivity index (χ2v) is 6.00. The lowest BCUT2D eigenvalue weighted by molar-refractivity contribution is 0.0963. The van der Waals surface area contributed by atoms with Gasteiger partial charge in [0, 0.05) is 37.3 Å². The summed E-state index contributed by atoms with van der Waals surface area (Å²) < 4.78 is 10.7. The molecule has 0 unspecified atom stereocenters. The molecule has 1 amide bonds. The predicted octanol–water partition coefficient (Wildman–Crippen LogP) is 2.94. The minimum atomic E-state index is -0.0986. The minimum Gasteiger partial charge on any atom is -0.497 e. The van der Waals surface area contributed by atoms with E-state index in [9.17, 15) is 4.79 Å². The number of rotatable bonds is 8. The van der Waals surface area contributed by atoms with Gasteiger partial charge in [-0.3, -0.25) is 4.79 Å². The first kappa shape index (κ1) is 24.5. The van der Waals surface area contributed by atoms with Gasteiger partial charge in [-0.05, 0) is 36.8 Å². The highest BCUT2D eigenvalue weighted by Gasteiger charge is 2.07. The standard InChI is InChI=1S/C21H28N4O3.HI/c1-5-23-21(24-13-15-6-8-16(9-7-15)20(26)22-2)25-14-17-10-11-18(27-3)12-19(17)28-4;/h6-12H,5,13-14H2,1-4H3,(H,22,26)(H2,23,24,25);1H. The summed E-state index contributed by atoms with van der Waals surface area (Å²) in [6.45, 7) is 3.84. The predicted molar refractivity (Wildman–Crippen MR) is 126 cm³/mol. The molecule has 0 aliphatic heterocycles. The van der Waals surface area contributed by atoms with E-state index >= 15 is 0 Å². The Labute approximate surface area is 189 Å². The first-order chi connectivity index (χ1) is 13.6. The fourth-order valence-corrected chi connectivity index (χ4v) is 2.59. The molecule has 7 nitrogen and oxygen atoms in total. The van der Waals surface area contributed by atoms with Crippen LogP contribution in [0.2, 0.25) is 0 Å². The van der Waals surface area contributed by atoms with Crippen molar-refractivity contribution >= 4 is 35.8 Å². The van der Waals surface area contributed by atoms with Crippen molar-refractivity contribution in [3.8, 4) is 11.5 Å². The summed E-state index contributed by atoms with van der Waals surface area (Å²) >= 11 is 0. The molecule has 0 spiro atoms. The molecule has 8 heteroatoms. The summed E-state index contributed by atoms with van der Waals surface area (Å²) in [5.74, 6) is 2.11. The average Bonchev–Trinajstić information content (AvgIpc) is 2.75. The molecule has 2 aromatic rings. The van der Waals surface area contributed by atoms with E-state index in [0.29, 0.717) is 24.6 Å². The second kappa shape index (κ2) is 12.9. The normalized spacial score (nSPS) is 10.6. The number of carbonyl (C=O) groups is 1. The lowest BCUT2D eigenvalue weighted by atomic mass is 10.1. The van der Waals surface area contributed by atoms with Gasteiger partial charge in [-0.1, -0.05) is 12.1 Å². The lowest BCUT2D eigenvalue weighted by Crippen LogP contribution is -2.36. The zero-order chi connectivity index (χ0) is 20.4. The first-order valence-corrected chi connectivity index (χ1v) is 9.15. The number of halogens is 1. The monoisotopic (exact) mass is 512 g/mol. The van der Waals surface area contributed by atoms with Crippen molar-refractivity contribution in [1.29, 1.82) is 0 Å². The van der Waals surface area contributed by atoms with Crippen molar-refractivity contribution in [2.75, 3.05) is 27.8 Å². The average molecular weight is 512 g/mol. The van der Waals surface area contributed by atoms with Crippen LogP contribution in [0.5, 0.6) is 11.5 Å². The van der Waals surface area contributed by atoms with Crippen LogP contribution in [0.25, 0.3) is 0 Å². The number of nitrogens with one attached hydrogen (secondary N) is 3. The molecule has 2 rings (SSSR count). The molecule has 3 N–H and O–H groups in total. The van der Waals surface area contributed by atoms with E-state index in [2.05, 4.69) is 20.9 Å². The van der Waals surface area contributed by atoms with E-state index in [1.54, 1.807) is 33.4 Å². The number of amides is 1. The summed E-state index contributed by atoms with van der Waals surface area (Å²) in [5.41, 5.74) is 2.66. The smallest absolute Gasteiger partial charge is 0.251 e. The van der Waals surface area contributed by atoms with Crippen molar-refractivity contribution in [3.05, 3.63) is 59.2 Å². The number of guanidine groups is 1. The molecule has 158 valence electrons. The number of hydrogen-bond acceptors (Lipinski definition) is 4. The molecule has 2 aromatic carbocycles. The Morgan fingerprint density at radius 3 is 2.34 bits per heavy atom. The maximum atomic E-state index is 11.6. The second-order valence-electron chi connectivity index (χ2n) is 6.00. The molecule has 0 aliphatic rings. The molecule has 0 radical (unpaired) electrons. The van der Waals surface area contributed by atoms with Gasteiger partial charge in [0.25, 0.3) is 5.91 Å². The number of ether oxygens (including phenoxy) is 2. The maximum absolute atomic E-state index is 11.6. The van der Waals surface area contributed by atoms with E-state index in [1.165, 1.54) is 0 Å². The van der Waals surface area contributed by atoms with Gasteiger partial charge in [-0.2, -0.15) is 0 Å². The van der Waals surface area contributed by atoms with Crippen LogP contribution in [0.4, 0.5) is 0 Å². The molecule has 0 aliphatic carbocycles. The summed E-state index contributed by atoms with van der Waals surface area (Å²) in [6, 6.07) is 13.1. The molecule has 0 heterocycles. The highest BCUT2D eigenvalue weighted by molar-refractivity contribution is 14.0. The molecule has 0 atom stereocenters. The zero-order valence-corrected chi connectivity index (χ0v) is 19.6. The minimum absolute atomic E-state index is 0. The van der Waals surface area contributed by atoms with Crippen LogP contribution >= 0.6 is 24.0 Å². The third-order valence-corrected chi connectivity index (χ3v) is 4.15. The molecule has 0 aromatic heterocycles. The molecule has 0 fully saturated rings. The van der Waals surface area contributed by atoms with Crippen molar-refractivity contribution in [2.24, 2.45) is 4.99 Å². The number of nitrogens with zero attached hydrogens (tertiary/aromatic N) is 1. The van der Waals surface area contributed by atoms with Crippen LogP contribution in [0.3, 0.4) is 0 Å². The Morgan fingerprint density at radius 2 is 1.76 bits per heavy atom. The Hall–Kier alpha value is -2.49. The van der Waals surface area contributed by atoms with Crippen LogP contribution in [0, 0.1) is 0 Å². The maximum Gasteiger partial charge on any atom is 0.251 e. The number of hydrogen-bond donors (Lipinski definition) is 3. The number of aliphatic imine (C=N–C) groups is 1. The van der Waals surface area contributed by atoms with E-state index in [0.717, 1.165) is 29.2 Å². The van der Waals surface area contributed by atoms with E-state index in [4.69, 9.17) is 9.47 Å². The van der Waals surface area contributed by atoms with E-state index in [1.807, 2.05) is 37.3 Å². The lowest BCUT2D eigenvalue weighted by Gasteiger charge is -2.14. The van der Waals surface area contributed by atoms with Crippen LogP contribution in [0.1, 0.15) is 28.4 Å². The van der Waals surface area contributed by atoms with Crippen molar-refractivity contribution in [2.45, 2.75) is 20.0 Å². The zero-order valence-electron chi connectivity index (χ0n) is 17.2. The van der Waals surface area contributed by atoms with Crippen LogP contribution < -0.4 is 25.4 Å². The molecule has 0 saturated heterocycles. The van der Waals surface area contributed by atoms with Gasteiger partial charge in [0.05, 0.1) is 20.8 Å². The highest BCUT2D eigenvalue weighted by Crippen LogP contribution is 2.24. The van der Waals surface area contributed by atoms with Crippen molar-refractivity contribution < 1.29 is 14.3 Å². The molecule has 0 saturated carbocycles. The topological polar surface area (TPSA) is 84.0 Å². The SMILES string of the molecule is CCNC(=NCc1ccc(C(=O)NC)cc1)NCc1ccc(OC)cc1OC.I. The summed E-state index contributed by atoms with van der Waals surface area (Å²) in [4.78, 5) is 16.2. The van der Waals surface area contributed by atoms with Gasteiger partial charge in [0.2, 0.25) is 0 Å². The number of carbonyl (C=O) groups excluding carboxylic acids is 1. The van der Waals surface area contributed by atoms with Crippen molar-refractivity contribution in [3.63, 3.8) is 0 Å². The first-order valence-electron chi connectivity index (χ1n) is 9.15. The summed E-state index contributed by atoms with van der Waals surface area (Å²) in [7, 11) is 4.89. The molecular formula is C21H29IN4O3. The largest absolute Gasteiger partial charge is 0.497 e. The van der Waals surface area contributed by atoms with Gasteiger partial charge in [-0.25, -0.2) is 4.99 Å². The van der Waals surface area contributed by atoms with Gasteiger partial charge in [-0.15, -0.1) is 24.0 Å². The van der Waals surface area contributed by atoms with E-state index in [-0.39, 0.29) is 29.9 Å². The Bertz CT molecular complexity index is 810. The molecule has 29 heavy (non-hydrogen) atoms.